The minimum Gasteiger partial charge on any atom is -0.493 e. The largest absolute Gasteiger partial charge is 0.493 e. The highest BCUT2D eigenvalue weighted by atomic mass is 16.5. The van der Waals surface area contributed by atoms with E-state index in [1.54, 1.807) is 42.5 Å². The van der Waals surface area contributed by atoms with Crippen LogP contribution in [0.25, 0.3) is 0 Å². The van der Waals surface area contributed by atoms with Gasteiger partial charge in [-0.25, -0.2) is 15.0 Å². The number of methoxy groups -OCH3 is 3. The van der Waals surface area contributed by atoms with Gasteiger partial charge in [0.15, 0.2) is 11.5 Å². The maximum absolute atomic E-state index is 11.4. The van der Waals surface area contributed by atoms with E-state index in [0.29, 0.717) is 29.2 Å². The number of carbonyl (C=O) groups excluding carboxylic acids is 2. The smallest absolute Gasteiger partial charge is 0.427 e. The number of rotatable bonds is 7. The van der Waals surface area contributed by atoms with Crippen molar-refractivity contribution in [2.45, 2.75) is 6.61 Å². The lowest BCUT2D eigenvalue weighted by Gasteiger charge is -2.11. The minimum atomic E-state index is -0.656. The van der Waals surface area contributed by atoms with Crippen LogP contribution >= 0.6 is 0 Å². The van der Waals surface area contributed by atoms with Gasteiger partial charge in [0.1, 0.15) is 6.61 Å². The number of ether oxygens (including phenoxy) is 4. The maximum atomic E-state index is 11.4. The first kappa shape index (κ1) is 19.8. The van der Waals surface area contributed by atoms with E-state index in [-0.39, 0.29) is 5.97 Å². The van der Waals surface area contributed by atoms with E-state index in [4.69, 9.17) is 9.47 Å². The van der Waals surface area contributed by atoms with Crippen LogP contribution in [-0.4, -0.2) is 39.6 Å². The summed E-state index contributed by atoms with van der Waals surface area (Å²) in [6.07, 6.45) is 0.797. The molecule has 0 saturated carbocycles. The third-order valence-corrected chi connectivity index (χ3v) is 3.51. The van der Waals surface area contributed by atoms with Crippen molar-refractivity contribution in [2.24, 2.45) is 5.10 Å². The lowest BCUT2D eigenvalue weighted by Crippen LogP contribution is -2.16. The predicted molar refractivity (Wildman–Crippen MR) is 98.2 cm³/mol. The minimum absolute atomic E-state index is 0.301. The van der Waals surface area contributed by atoms with E-state index in [2.05, 4.69) is 20.0 Å². The highest BCUT2D eigenvalue weighted by molar-refractivity contribution is 5.89. The van der Waals surface area contributed by atoms with Gasteiger partial charge in [0, 0.05) is 0 Å². The van der Waals surface area contributed by atoms with E-state index in [9.17, 15) is 9.59 Å². The Morgan fingerprint density at radius 3 is 2.37 bits per heavy atom. The van der Waals surface area contributed by atoms with Gasteiger partial charge < -0.3 is 18.9 Å². The number of hydrogen-bond donors (Lipinski definition) is 1. The van der Waals surface area contributed by atoms with Crippen molar-refractivity contribution in [2.75, 3.05) is 21.3 Å². The molecule has 27 heavy (non-hydrogen) atoms. The van der Waals surface area contributed by atoms with Crippen molar-refractivity contribution in [1.82, 2.24) is 5.43 Å². The molecule has 142 valence electrons. The monoisotopic (exact) mass is 372 g/mol. The summed E-state index contributed by atoms with van der Waals surface area (Å²) in [5.74, 6) is 0.680. The predicted octanol–water partition coefficient (Wildman–Crippen LogP) is 2.75. The molecule has 0 fully saturated rings. The normalized spacial score (nSPS) is 10.3. The van der Waals surface area contributed by atoms with E-state index in [1.165, 1.54) is 27.5 Å². The van der Waals surface area contributed by atoms with Gasteiger partial charge >= 0.3 is 12.1 Å². The summed E-state index contributed by atoms with van der Waals surface area (Å²) < 4.78 is 20.2. The molecule has 2 aromatic rings. The number of hydrazone groups is 1. The summed E-state index contributed by atoms with van der Waals surface area (Å²) in [4.78, 5) is 22.4. The molecule has 0 radical (unpaired) electrons. The Kier molecular flexibility index (Phi) is 7.18. The molecule has 0 saturated heterocycles. The second-order valence-corrected chi connectivity index (χ2v) is 5.25. The molecule has 1 amide bonds. The number of amides is 1. The third-order valence-electron chi connectivity index (χ3n) is 3.51. The van der Waals surface area contributed by atoms with E-state index in [0.717, 1.165) is 5.56 Å². The van der Waals surface area contributed by atoms with Gasteiger partial charge in [-0.2, -0.15) is 5.10 Å². The zero-order valence-corrected chi connectivity index (χ0v) is 15.2. The van der Waals surface area contributed by atoms with Crippen LogP contribution < -0.4 is 14.9 Å². The quantitative estimate of drug-likeness (QED) is 0.456. The van der Waals surface area contributed by atoms with Crippen LogP contribution in [0.5, 0.6) is 11.5 Å². The molecule has 2 rings (SSSR count). The molecule has 0 spiro atoms. The molecule has 0 aromatic heterocycles. The van der Waals surface area contributed by atoms with E-state index in [1.807, 2.05) is 0 Å². The van der Waals surface area contributed by atoms with Crippen LogP contribution in [0.1, 0.15) is 21.5 Å². The molecular formula is C19H20N2O6. The number of nitrogens with zero attached hydrogens (tertiary/aromatic N) is 1. The summed E-state index contributed by atoms with van der Waals surface area (Å²) in [6.45, 7) is 0.301. The fraction of sp³-hybridized carbons (Fsp3) is 0.211. The summed E-state index contributed by atoms with van der Waals surface area (Å²) in [5, 5.41) is 3.76. The van der Waals surface area contributed by atoms with Crippen LogP contribution in [0.2, 0.25) is 0 Å². The Hall–Kier alpha value is -3.55. The lowest BCUT2D eigenvalue weighted by atomic mass is 10.1. The zero-order chi connectivity index (χ0) is 19.6. The molecule has 8 nitrogen and oxygen atoms in total. The standard InChI is InChI=1S/C19H20N2O6/c1-24-17-10-14(11-20-21-19(23)26-3)6-9-16(17)27-12-13-4-7-15(8-5-13)18(22)25-2/h4-11H,12H2,1-3H3,(H,21,23)/b20-11-. The lowest BCUT2D eigenvalue weighted by molar-refractivity contribution is 0.0600. The molecule has 0 atom stereocenters. The first-order chi connectivity index (χ1) is 13.1. The molecule has 0 heterocycles. The van der Waals surface area contributed by atoms with Crippen molar-refractivity contribution in [1.29, 1.82) is 0 Å². The Labute approximate surface area is 156 Å². The van der Waals surface area contributed by atoms with Gasteiger partial charge in [-0.3, -0.25) is 0 Å². The number of nitrogens with one attached hydrogen (secondary N) is 1. The highest BCUT2D eigenvalue weighted by Crippen LogP contribution is 2.28. The summed E-state index contributed by atoms with van der Waals surface area (Å²) in [6, 6.07) is 12.2. The van der Waals surface area contributed by atoms with Crippen LogP contribution in [-0.2, 0) is 16.1 Å². The van der Waals surface area contributed by atoms with Crippen molar-refractivity contribution in [3.63, 3.8) is 0 Å². The maximum Gasteiger partial charge on any atom is 0.427 e. The Morgan fingerprint density at radius 1 is 1.00 bits per heavy atom. The Balaban J connectivity index is 2.01. The molecule has 0 aliphatic carbocycles. The number of carbonyl (C=O) groups is 2. The van der Waals surface area contributed by atoms with E-state index < -0.39 is 6.09 Å². The van der Waals surface area contributed by atoms with Crippen LogP contribution in [0.4, 0.5) is 4.79 Å². The third kappa shape index (κ3) is 5.74. The second-order valence-electron chi connectivity index (χ2n) is 5.25. The van der Waals surface area contributed by atoms with Gasteiger partial charge in [0.2, 0.25) is 0 Å². The van der Waals surface area contributed by atoms with E-state index >= 15 is 0 Å². The number of hydrogen-bond acceptors (Lipinski definition) is 7. The Bertz CT molecular complexity index is 817. The average Bonchev–Trinajstić information content (AvgIpc) is 2.72. The van der Waals surface area contributed by atoms with Gasteiger partial charge in [0.05, 0.1) is 33.1 Å². The van der Waals surface area contributed by atoms with Gasteiger partial charge in [-0.05, 0) is 41.5 Å². The van der Waals surface area contributed by atoms with Gasteiger partial charge in [0.25, 0.3) is 0 Å². The molecular weight excluding hydrogens is 352 g/mol. The summed E-state index contributed by atoms with van der Waals surface area (Å²) >= 11 is 0. The fourth-order valence-electron chi connectivity index (χ4n) is 2.10. The first-order valence-corrected chi connectivity index (χ1v) is 7.92. The molecule has 0 bridgehead atoms. The fourth-order valence-corrected chi connectivity index (χ4v) is 2.10. The molecule has 8 heteroatoms. The topological polar surface area (TPSA) is 95.5 Å². The first-order valence-electron chi connectivity index (χ1n) is 7.92. The van der Waals surface area contributed by atoms with Crippen molar-refractivity contribution in [3.8, 4) is 11.5 Å². The summed E-state index contributed by atoms with van der Waals surface area (Å²) in [5.41, 5.74) is 4.27. The molecule has 0 aliphatic rings. The molecule has 0 aliphatic heterocycles. The van der Waals surface area contributed by atoms with Crippen molar-refractivity contribution in [3.05, 3.63) is 59.2 Å². The van der Waals surface area contributed by atoms with Gasteiger partial charge in [-0.15, -0.1) is 0 Å². The zero-order valence-electron chi connectivity index (χ0n) is 15.2. The van der Waals surface area contributed by atoms with Crippen LogP contribution in [0.15, 0.2) is 47.6 Å². The summed E-state index contributed by atoms with van der Waals surface area (Å²) in [7, 11) is 4.12. The van der Waals surface area contributed by atoms with Crippen molar-refractivity contribution >= 4 is 18.3 Å². The van der Waals surface area contributed by atoms with Crippen molar-refractivity contribution < 1.29 is 28.5 Å². The molecule has 1 N–H and O–H groups in total. The number of esters is 1. The molecule has 0 unspecified atom stereocenters. The average molecular weight is 372 g/mol. The Morgan fingerprint density at radius 2 is 1.74 bits per heavy atom. The van der Waals surface area contributed by atoms with Crippen LogP contribution in [0, 0.1) is 0 Å². The second kappa shape index (κ2) is 9.81. The highest BCUT2D eigenvalue weighted by Gasteiger charge is 2.07. The molecule has 2 aromatic carbocycles. The van der Waals surface area contributed by atoms with Crippen LogP contribution in [0.3, 0.4) is 0 Å². The SMILES string of the molecule is COC(=O)N/N=C\c1ccc(OCc2ccc(C(=O)OC)cc2)c(OC)c1. The van der Waals surface area contributed by atoms with Gasteiger partial charge in [-0.1, -0.05) is 12.1 Å². The number of benzene rings is 2.